The molecule has 3 aliphatic rings. The lowest BCUT2D eigenvalue weighted by molar-refractivity contribution is -0.236. The van der Waals surface area contributed by atoms with Gasteiger partial charge in [0.1, 0.15) is 23.9 Å². The molecule has 0 radical (unpaired) electrons. The molecule has 1 aromatic carbocycles. The van der Waals surface area contributed by atoms with Crippen LogP contribution in [-0.4, -0.2) is 49.1 Å². The van der Waals surface area contributed by atoms with Crippen molar-refractivity contribution in [1.29, 1.82) is 0 Å². The Morgan fingerprint density at radius 1 is 1.17 bits per heavy atom. The summed E-state index contributed by atoms with van der Waals surface area (Å²) in [7, 11) is 1.57. The van der Waals surface area contributed by atoms with Gasteiger partial charge in [0.2, 0.25) is 0 Å². The quantitative estimate of drug-likeness (QED) is 0.793. The highest BCUT2D eigenvalue weighted by atomic mass is 16.8. The molecule has 5 atom stereocenters. The van der Waals surface area contributed by atoms with Gasteiger partial charge in [-0.25, -0.2) is 4.79 Å². The lowest BCUT2D eigenvalue weighted by Crippen LogP contribution is -2.35. The summed E-state index contributed by atoms with van der Waals surface area (Å²) in [4.78, 5) is 12.2. The number of ether oxygens (including phenoxy) is 5. The number of benzene rings is 1. The van der Waals surface area contributed by atoms with E-state index in [4.69, 9.17) is 23.7 Å². The summed E-state index contributed by atoms with van der Waals surface area (Å²) < 4.78 is 28.8. The van der Waals surface area contributed by atoms with Crippen LogP contribution >= 0.6 is 0 Å². The molecule has 1 saturated carbocycles. The van der Waals surface area contributed by atoms with Crippen LogP contribution in [0.2, 0.25) is 0 Å². The van der Waals surface area contributed by atoms with E-state index in [2.05, 4.69) is 0 Å². The van der Waals surface area contributed by atoms with Gasteiger partial charge in [0.05, 0.1) is 5.56 Å². The van der Waals surface area contributed by atoms with Crippen LogP contribution < -0.4 is 0 Å². The molecule has 1 unspecified atom stereocenters. The number of hydrogen-bond acceptors (Lipinski definition) is 6. The standard InChI is InChI=1S/C17H20O6/c1-16(2)21-12-13(22-16)17(23-15(12)19-3)9-11(17)20-14(18)10-7-5-4-6-8-10/h4-8,11-13,15H,9H2,1-3H3/t11-,12-,13?,15+,17+/m0/s1. The summed E-state index contributed by atoms with van der Waals surface area (Å²) in [6.45, 7) is 3.72. The van der Waals surface area contributed by atoms with E-state index in [9.17, 15) is 4.79 Å². The Bertz CT molecular complexity index is 615. The third-order valence-corrected chi connectivity index (χ3v) is 4.59. The molecule has 1 aliphatic carbocycles. The molecule has 4 rings (SSSR count). The smallest absolute Gasteiger partial charge is 0.338 e. The number of methoxy groups -OCH3 is 1. The second-order valence-corrected chi connectivity index (χ2v) is 6.66. The fourth-order valence-corrected chi connectivity index (χ4v) is 3.47. The zero-order valence-corrected chi connectivity index (χ0v) is 13.4. The normalized spacial score (nSPS) is 40.1. The average Bonchev–Trinajstić information content (AvgIpc) is 3.00. The van der Waals surface area contributed by atoms with Gasteiger partial charge in [0.25, 0.3) is 0 Å². The maximum atomic E-state index is 12.2. The van der Waals surface area contributed by atoms with Crippen LogP contribution in [0, 0.1) is 0 Å². The number of carbonyl (C=O) groups excluding carboxylic acids is 1. The van der Waals surface area contributed by atoms with Crippen LogP contribution in [-0.2, 0) is 23.7 Å². The lowest BCUT2D eigenvalue weighted by atomic mass is 10.1. The molecule has 0 bridgehead atoms. The predicted octanol–water partition coefficient (Wildman–Crippen LogP) is 1.88. The second kappa shape index (κ2) is 5.01. The molecule has 0 aromatic heterocycles. The largest absolute Gasteiger partial charge is 0.455 e. The number of hydrogen-bond donors (Lipinski definition) is 0. The van der Waals surface area contributed by atoms with Crippen LogP contribution in [0.3, 0.4) is 0 Å². The summed E-state index contributed by atoms with van der Waals surface area (Å²) >= 11 is 0. The highest BCUT2D eigenvalue weighted by Gasteiger charge is 2.75. The van der Waals surface area contributed by atoms with Crippen molar-refractivity contribution < 1.29 is 28.5 Å². The summed E-state index contributed by atoms with van der Waals surface area (Å²) in [6, 6.07) is 8.92. The molecule has 124 valence electrons. The van der Waals surface area contributed by atoms with Crippen LogP contribution in [0.5, 0.6) is 0 Å². The highest BCUT2D eigenvalue weighted by molar-refractivity contribution is 5.89. The number of carbonyl (C=O) groups is 1. The molecule has 1 aromatic rings. The van der Waals surface area contributed by atoms with E-state index in [0.29, 0.717) is 12.0 Å². The molecule has 0 amide bonds. The Hall–Kier alpha value is -1.47. The summed E-state index contributed by atoms with van der Waals surface area (Å²) in [5, 5.41) is 0. The van der Waals surface area contributed by atoms with E-state index in [1.54, 1.807) is 31.4 Å². The van der Waals surface area contributed by atoms with Gasteiger partial charge in [-0.2, -0.15) is 0 Å². The monoisotopic (exact) mass is 320 g/mol. The van der Waals surface area contributed by atoms with Gasteiger partial charge in [-0.15, -0.1) is 0 Å². The fraction of sp³-hybridized carbons (Fsp3) is 0.588. The van der Waals surface area contributed by atoms with Crippen molar-refractivity contribution in [2.45, 2.75) is 56.3 Å². The Morgan fingerprint density at radius 3 is 2.61 bits per heavy atom. The highest BCUT2D eigenvalue weighted by Crippen LogP contribution is 2.57. The third kappa shape index (κ3) is 2.37. The van der Waals surface area contributed by atoms with Gasteiger partial charge >= 0.3 is 5.97 Å². The van der Waals surface area contributed by atoms with Crippen LogP contribution in [0.15, 0.2) is 30.3 Å². The average molecular weight is 320 g/mol. The first-order chi connectivity index (χ1) is 11.0. The van der Waals surface area contributed by atoms with E-state index in [-0.39, 0.29) is 24.3 Å². The van der Waals surface area contributed by atoms with Gasteiger partial charge < -0.3 is 23.7 Å². The predicted molar refractivity (Wildman–Crippen MR) is 78.7 cm³/mol. The maximum Gasteiger partial charge on any atom is 0.338 e. The van der Waals surface area contributed by atoms with Gasteiger partial charge in [-0.3, -0.25) is 0 Å². The zero-order valence-electron chi connectivity index (χ0n) is 13.4. The van der Waals surface area contributed by atoms with E-state index in [0.717, 1.165) is 0 Å². The van der Waals surface area contributed by atoms with Gasteiger partial charge in [0.15, 0.2) is 12.1 Å². The number of rotatable bonds is 3. The summed E-state index contributed by atoms with van der Waals surface area (Å²) in [5.74, 6) is -1.05. The molecule has 0 N–H and O–H groups in total. The van der Waals surface area contributed by atoms with Crippen LogP contribution in [0.25, 0.3) is 0 Å². The van der Waals surface area contributed by atoms with E-state index < -0.39 is 17.7 Å². The summed E-state index contributed by atoms with van der Waals surface area (Å²) in [6.07, 6.45) is -0.875. The maximum absolute atomic E-state index is 12.2. The minimum atomic E-state index is -0.695. The minimum absolute atomic E-state index is 0.295. The van der Waals surface area contributed by atoms with Crippen LogP contribution in [0.1, 0.15) is 30.6 Å². The van der Waals surface area contributed by atoms with Crippen molar-refractivity contribution in [3.8, 4) is 0 Å². The molecule has 3 fully saturated rings. The van der Waals surface area contributed by atoms with Crippen molar-refractivity contribution in [3.63, 3.8) is 0 Å². The molecule has 2 saturated heterocycles. The van der Waals surface area contributed by atoms with E-state index in [1.165, 1.54) is 0 Å². The summed E-state index contributed by atoms with van der Waals surface area (Å²) in [5.41, 5.74) is -0.139. The van der Waals surface area contributed by atoms with Crippen molar-refractivity contribution in [3.05, 3.63) is 35.9 Å². The first kappa shape index (κ1) is 15.1. The Morgan fingerprint density at radius 2 is 1.91 bits per heavy atom. The fourth-order valence-electron chi connectivity index (χ4n) is 3.47. The molecular weight excluding hydrogens is 300 g/mol. The molecule has 6 heteroatoms. The third-order valence-electron chi connectivity index (χ3n) is 4.59. The first-order valence-electron chi connectivity index (χ1n) is 7.77. The number of fused-ring (bicyclic) bond motifs is 2. The van der Waals surface area contributed by atoms with Gasteiger partial charge in [-0.1, -0.05) is 18.2 Å². The van der Waals surface area contributed by atoms with Crippen molar-refractivity contribution in [1.82, 2.24) is 0 Å². The van der Waals surface area contributed by atoms with Gasteiger partial charge in [-0.05, 0) is 26.0 Å². The Kier molecular flexibility index (Phi) is 3.29. The Labute approximate surface area is 134 Å². The molecule has 2 heterocycles. The lowest BCUT2D eigenvalue weighted by Gasteiger charge is -2.23. The molecule has 2 aliphatic heterocycles. The Balaban J connectivity index is 1.49. The van der Waals surface area contributed by atoms with Crippen molar-refractivity contribution in [2.75, 3.05) is 7.11 Å². The van der Waals surface area contributed by atoms with E-state index in [1.807, 2.05) is 19.9 Å². The van der Waals surface area contributed by atoms with E-state index >= 15 is 0 Å². The molecular formula is C17H20O6. The molecule has 6 nitrogen and oxygen atoms in total. The SMILES string of the molecule is CO[C@@H]1O[C@@]2(C[C@@H]2OC(=O)c2ccccc2)C2OC(C)(C)O[C@@H]21. The first-order valence-corrected chi connectivity index (χ1v) is 7.77. The number of esters is 1. The second-order valence-electron chi connectivity index (χ2n) is 6.66. The molecule has 23 heavy (non-hydrogen) atoms. The zero-order chi connectivity index (χ0) is 16.2. The topological polar surface area (TPSA) is 63.2 Å². The minimum Gasteiger partial charge on any atom is -0.455 e. The van der Waals surface area contributed by atoms with Crippen molar-refractivity contribution in [2.24, 2.45) is 0 Å². The van der Waals surface area contributed by atoms with Gasteiger partial charge in [0, 0.05) is 13.5 Å². The molecule has 1 spiro atoms. The van der Waals surface area contributed by atoms with Crippen molar-refractivity contribution >= 4 is 5.97 Å². The van der Waals surface area contributed by atoms with Crippen LogP contribution in [0.4, 0.5) is 0 Å².